The van der Waals surface area contributed by atoms with Gasteiger partial charge in [0, 0.05) is 12.3 Å². The summed E-state index contributed by atoms with van der Waals surface area (Å²) in [7, 11) is -3.71. The zero-order valence-electron chi connectivity index (χ0n) is 10.2. The van der Waals surface area contributed by atoms with E-state index in [0.717, 1.165) is 0 Å². The third kappa shape index (κ3) is 3.48. The minimum Gasteiger partial charge on any atom is -0.484 e. The normalized spacial score (nSPS) is 11.0. The molecule has 2 rings (SSSR count). The molecule has 20 heavy (non-hydrogen) atoms. The van der Waals surface area contributed by atoms with Gasteiger partial charge in [0.05, 0.1) is 11.9 Å². The maximum Gasteiger partial charge on any atom is 0.265 e. The Morgan fingerprint density at radius 1 is 1.45 bits per heavy atom. The predicted molar refractivity (Wildman–Crippen MR) is 70.5 cm³/mol. The average molecular weight is 296 g/mol. The first-order valence-corrected chi connectivity index (χ1v) is 6.98. The van der Waals surface area contributed by atoms with Crippen molar-refractivity contribution in [2.45, 2.75) is 4.90 Å². The van der Waals surface area contributed by atoms with Gasteiger partial charge >= 0.3 is 0 Å². The molecule has 0 spiro atoms. The van der Waals surface area contributed by atoms with Gasteiger partial charge in [-0.15, -0.1) is 0 Å². The molecule has 4 N–H and O–H groups in total. The molecular weight excluding hydrogens is 284 g/mol. The zero-order valence-corrected chi connectivity index (χ0v) is 11.1. The van der Waals surface area contributed by atoms with Crippen molar-refractivity contribution in [1.29, 1.82) is 0 Å². The van der Waals surface area contributed by atoms with Gasteiger partial charge in [-0.25, -0.2) is 8.42 Å². The number of primary amides is 1. The highest BCUT2D eigenvalue weighted by molar-refractivity contribution is 7.92. The van der Waals surface area contributed by atoms with Crippen LogP contribution in [0.3, 0.4) is 0 Å². The lowest BCUT2D eigenvalue weighted by Gasteiger charge is -2.08. The van der Waals surface area contributed by atoms with Crippen molar-refractivity contribution >= 4 is 21.6 Å². The van der Waals surface area contributed by atoms with E-state index in [0.29, 0.717) is 11.4 Å². The molecule has 0 atom stereocenters. The number of nitrogens with one attached hydrogen (secondary N) is 2. The molecule has 0 saturated heterocycles. The summed E-state index contributed by atoms with van der Waals surface area (Å²) < 4.78 is 31.4. The lowest BCUT2D eigenvalue weighted by Crippen LogP contribution is -2.20. The monoisotopic (exact) mass is 296 g/mol. The molecule has 2 aromatic rings. The van der Waals surface area contributed by atoms with Crippen molar-refractivity contribution in [3.8, 4) is 5.75 Å². The molecule has 0 aliphatic carbocycles. The minimum absolute atomic E-state index is 0.0148. The van der Waals surface area contributed by atoms with E-state index in [1.165, 1.54) is 18.5 Å². The molecule has 0 unspecified atom stereocenters. The summed E-state index contributed by atoms with van der Waals surface area (Å²) in [6, 6.07) is 6.16. The highest BCUT2D eigenvalue weighted by atomic mass is 32.2. The molecule has 1 amide bonds. The van der Waals surface area contributed by atoms with Crippen LogP contribution in [0.25, 0.3) is 0 Å². The van der Waals surface area contributed by atoms with Crippen molar-refractivity contribution in [2.75, 3.05) is 11.3 Å². The van der Waals surface area contributed by atoms with Gasteiger partial charge in [0.15, 0.2) is 6.61 Å². The number of anilines is 1. The maximum atomic E-state index is 12.0. The van der Waals surface area contributed by atoms with E-state index in [2.05, 4.69) is 14.9 Å². The number of carbonyl (C=O) groups excluding carboxylic acids is 1. The summed E-state index contributed by atoms with van der Waals surface area (Å²) in [5.74, 6) is -0.287. The van der Waals surface area contributed by atoms with Crippen LogP contribution >= 0.6 is 0 Å². The molecule has 1 aromatic carbocycles. The molecule has 0 fully saturated rings. The lowest BCUT2D eigenvalue weighted by atomic mass is 10.3. The molecule has 9 heteroatoms. The number of hydrogen-bond acceptors (Lipinski definition) is 5. The molecule has 0 radical (unpaired) electrons. The number of hydrogen-bond donors (Lipinski definition) is 3. The van der Waals surface area contributed by atoms with Crippen LogP contribution in [0.5, 0.6) is 5.75 Å². The van der Waals surface area contributed by atoms with Gasteiger partial charge < -0.3 is 10.5 Å². The Bertz CT molecular complexity index is 697. The number of nitrogens with two attached hydrogens (primary N) is 1. The third-order valence-electron chi connectivity index (χ3n) is 2.25. The van der Waals surface area contributed by atoms with Crippen LogP contribution in [0.15, 0.2) is 41.6 Å². The molecular formula is C11H12N4O4S. The molecule has 1 aromatic heterocycles. The number of rotatable bonds is 6. The quantitative estimate of drug-likeness (QED) is 0.695. The van der Waals surface area contributed by atoms with Gasteiger partial charge in [0.2, 0.25) is 0 Å². The van der Waals surface area contributed by atoms with E-state index in [1.807, 2.05) is 0 Å². The van der Waals surface area contributed by atoms with Crippen molar-refractivity contribution < 1.29 is 17.9 Å². The van der Waals surface area contributed by atoms with Crippen molar-refractivity contribution in [3.63, 3.8) is 0 Å². The fourth-order valence-corrected chi connectivity index (χ4v) is 2.36. The first-order chi connectivity index (χ1) is 9.47. The SMILES string of the molecule is NC(=O)COc1cccc(NS(=O)(=O)c2cn[nH]c2)c1. The molecule has 106 valence electrons. The molecule has 0 aliphatic rings. The van der Waals surface area contributed by atoms with Crippen LogP contribution in [-0.4, -0.2) is 31.1 Å². The van der Waals surface area contributed by atoms with Crippen LogP contribution in [0.4, 0.5) is 5.69 Å². The van der Waals surface area contributed by atoms with Crippen LogP contribution in [0, 0.1) is 0 Å². The summed E-state index contributed by atoms with van der Waals surface area (Å²) in [5.41, 5.74) is 5.26. The van der Waals surface area contributed by atoms with E-state index in [-0.39, 0.29) is 11.5 Å². The molecule has 1 heterocycles. The Balaban J connectivity index is 2.14. The van der Waals surface area contributed by atoms with Crippen LogP contribution in [0.1, 0.15) is 0 Å². The van der Waals surface area contributed by atoms with Gasteiger partial charge in [0.1, 0.15) is 10.6 Å². The van der Waals surface area contributed by atoms with E-state index >= 15 is 0 Å². The molecule has 0 aliphatic heterocycles. The fourth-order valence-electron chi connectivity index (χ4n) is 1.40. The predicted octanol–water partition coefficient (Wildman–Crippen LogP) is 0.0746. The Kier molecular flexibility index (Phi) is 3.89. The summed E-state index contributed by atoms with van der Waals surface area (Å²) in [6.45, 7) is -0.280. The van der Waals surface area contributed by atoms with Gasteiger partial charge in [-0.3, -0.25) is 14.6 Å². The van der Waals surface area contributed by atoms with E-state index in [1.54, 1.807) is 18.2 Å². The maximum absolute atomic E-state index is 12.0. The second kappa shape index (κ2) is 5.61. The Morgan fingerprint density at radius 3 is 2.90 bits per heavy atom. The number of aromatic amines is 1. The first kappa shape index (κ1) is 13.9. The number of benzene rings is 1. The summed E-state index contributed by atoms with van der Waals surface area (Å²) in [5, 5.41) is 6.00. The van der Waals surface area contributed by atoms with Crippen LogP contribution in [-0.2, 0) is 14.8 Å². The Morgan fingerprint density at radius 2 is 2.25 bits per heavy atom. The molecule has 8 nitrogen and oxygen atoms in total. The fraction of sp³-hybridized carbons (Fsp3) is 0.0909. The van der Waals surface area contributed by atoms with Gasteiger partial charge in [-0.2, -0.15) is 5.10 Å². The van der Waals surface area contributed by atoms with Gasteiger partial charge in [-0.1, -0.05) is 6.07 Å². The second-order valence-electron chi connectivity index (χ2n) is 3.82. The zero-order chi connectivity index (χ0) is 14.6. The number of nitrogens with zero attached hydrogens (tertiary/aromatic N) is 1. The summed E-state index contributed by atoms with van der Waals surface area (Å²) in [6.07, 6.45) is 2.45. The third-order valence-corrected chi connectivity index (χ3v) is 3.60. The van der Waals surface area contributed by atoms with Gasteiger partial charge in [0.25, 0.3) is 15.9 Å². The molecule has 0 bridgehead atoms. The second-order valence-corrected chi connectivity index (χ2v) is 5.50. The number of sulfonamides is 1. The summed E-state index contributed by atoms with van der Waals surface area (Å²) in [4.78, 5) is 10.6. The minimum atomic E-state index is -3.71. The van der Waals surface area contributed by atoms with E-state index in [9.17, 15) is 13.2 Å². The van der Waals surface area contributed by atoms with Crippen molar-refractivity contribution in [2.24, 2.45) is 5.73 Å². The van der Waals surface area contributed by atoms with E-state index in [4.69, 9.17) is 10.5 Å². The van der Waals surface area contributed by atoms with Crippen LogP contribution < -0.4 is 15.2 Å². The number of H-pyrrole nitrogens is 1. The van der Waals surface area contributed by atoms with Crippen molar-refractivity contribution in [1.82, 2.24) is 10.2 Å². The molecule has 0 saturated carbocycles. The lowest BCUT2D eigenvalue weighted by molar-refractivity contribution is -0.119. The summed E-state index contributed by atoms with van der Waals surface area (Å²) >= 11 is 0. The number of aromatic nitrogens is 2. The Hall–Kier alpha value is -2.55. The highest BCUT2D eigenvalue weighted by Gasteiger charge is 2.15. The van der Waals surface area contributed by atoms with E-state index < -0.39 is 15.9 Å². The largest absolute Gasteiger partial charge is 0.484 e. The smallest absolute Gasteiger partial charge is 0.265 e. The first-order valence-electron chi connectivity index (χ1n) is 5.50. The number of amides is 1. The van der Waals surface area contributed by atoms with Gasteiger partial charge in [-0.05, 0) is 12.1 Å². The highest BCUT2D eigenvalue weighted by Crippen LogP contribution is 2.20. The number of ether oxygens (including phenoxy) is 1. The van der Waals surface area contributed by atoms with Crippen molar-refractivity contribution in [3.05, 3.63) is 36.7 Å². The Labute approximate surface area is 115 Å². The van der Waals surface area contributed by atoms with Crippen LogP contribution in [0.2, 0.25) is 0 Å². The standard InChI is InChI=1S/C11H12N4O4S/c12-11(16)7-19-9-3-1-2-8(4-9)15-20(17,18)10-5-13-14-6-10/h1-6,15H,7H2,(H2,12,16)(H,13,14). The topological polar surface area (TPSA) is 127 Å². The number of carbonyl (C=O) groups is 1. The average Bonchev–Trinajstić information content (AvgIpc) is 2.91.